The van der Waals surface area contributed by atoms with Gasteiger partial charge in [0.15, 0.2) is 0 Å². The van der Waals surface area contributed by atoms with Crippen LogP contribution in [0.2, 0.25) is 0 Å². The zero-order valence-electron chi connectivity index (χ0n) is 12.4. The van der Waals surface area contributed by atoms with Gasteiger partial charge in [0.25, 0.3) is 0 Å². The first kappa shape index (κ1) is 16.9. The normalized spacial score (nSPS) is 22.0. The Morgan fingerprint density at radius 1 is 1.42 bits per heavy atom. The van der Waals surface area contributed by atoms with E-state index >= 15 is 0 Å². The molecule has 1 aliphatic heterocycles. The number of hydrogen-bond donors (Lipinski definition) is 1. The van der Waals surface area contributed by atoms with Crippen LogP contribution in [0.15, 0.2) is 0 Å². The third-order valence-electron chi connectivity index (χ3n) is 3.45. The van der Waals surface area contributed by atoms with Crippen LogP contribution in [-0.4, -0.2) is 69.8 Å². The first-order valence-corrected chi connectivity index (χ1v) is 9.02. The lowest BCUT2D eigenvalue weighted by molar-refractivity contribution is -0.00707. The van der Waals surface area contributed by atoms with Crippen LogP contribution in [0.3, 0.4) is 0 Å². The molecule has 1 N–H and O–H groups in total. The highest BCUT2D eigenvalue weighted by molar-refractivity contribution is 7.91. The van der Waals surface area contributed by atoms with E-state index in [1.165, 1.54) is 0 Å². The largest absolute Gasteiger partial charge is 0.378 e. The maximum atomic E-state index is 11.5. The quantitative estimate of drug-likeness (QED) is 0.706. The van der Waals surface area contributed by atoms with Gasteiger partial charge in [-0.2, -0.15) is 0 Å². The Balaban J connectivity index is 2.35. The second-order valence-electron chi connectivity index (χ2n) is 5.42. The van der Waals surface area contributed by atoms with E-state index in [0.717, 1.165) is 32.8 Å². The van der Waals surface area contributed by atoms with Gasteiger partial charge in [0.2, 0.25) is 0 Å². The molecule has 0 saturated carbocycles. The van der Waals surface area contributed by atoms with Crippen molar-refractivity contribution >= 4 is 9.84 Å². The van der Waals surface area contributed by atoms with E-state index in [9.17, 15) is 8.42 Å². The first-order chi connectivity index (χ1) is 8.94. The SMILES string of the molecule is CCS(=O)(=O)CCCN1CCOCC1CNC(C)C. The highest BCUT2D eigenvalue weighted by atomic mass is 32.2. The molecule has 0 bridgehead atoms. The van der Waals surface area contributed by atoms with Gasteiger partial charge in [-0.05, 0) is 13.0 Å². The predicted octanol–water partition coefficient (Wildman–Crippen LogP) is 0.510. The minimum Gasteiger partial charge on any atom is -0.378 e. The van der Waals surface area contributed by atoms with Crippen LogP contribution in [0.5, 0.6) is 0 Å². The molecule has 0 amide bonds. The van der Waals surface area contributed by atoms with Crippen molar-refractivity contribution in [2.45, 2.75) is 39.3 Å². The zero-order valence-corrected chi connectivity index (χ0v) is 13.2. The summed E-state index contributed by atoms with van der Waals surface area (Å²) in [7, 11) is -2.84. The summed E-state index contributed by atoms with van der Waals surface area (Å²) >= 11 is 0. The van der Waals surface area contributed by atoms with E-state index < -0.39 is 9.84 Å². The number of nitrogens with one attached hydrogen (secondary N) is 1. The van der Waals surface area contributed by atoms with Crippen LogP contribution in [0.4, 0.5) is 0 Å². The standard InChI is InChI=1S/C13H28N2O3S/c1-4-19(16,17)9-5-6-15-7-8-18-11-13(15)10-14-12(2)3/h12-14H,4-11H2,1-3H3. The van der Waals surface area contributed by atoms with E-state index in [1.54, 1.807) is 6.92 Å². The Morgan fingerprint density at radius 2 is 2.16 bits per heavy atom. The second-order valence-corrected chi connectivity index (χ2v) is 7.89. The van der Waals surface area contributed by atoms with Gasteiger partial charge in [0, 0.05) is 30.9 Å². The average molecular weight is 292 g/mol. The van der Waals surface area contributed by atoms with Crippen LogP contribution < -0.4 is 5.32 Å². The topological polar surface area (TPSA) is 58.6 Å². The molecule has 0 radical (unpaired) electrons. The number of nitrogens with zero attached hydrogens (tertiary/aromatic N) is 1. The summed E-state index contributed by atoms with van der Waals surface area (Å²) < 4.78 is 28.5. The van der Waals surface area contributed by atoms with Gasteiger partial charge in [0.1, 0.15) is 9.84 Å². The van der Waals surface area contributed by atoms with Crippen molar-refractivity contribution < 1.29 is 13.2 Å². The fourth-order valence-electron chi connectivity index (χ4n) is 2.18. The minimum atomic E-state index is -2.84. The van der Waals surface area contributed by atoms with Crippen molar-refractivity contribution in [1.29, 1.82) is 0 Å². The first-order valence-electron chi connectivity index (χ1n) is 7.20. The van der Waals surface area contributed by atoms with Gasteiger partial charge < -0.3 is 10.1 Å². The molecule has 1 unspecified atom stereocenters. The maximum Gasteiger partial charge on any atom is 0.150 e. The molecule has 0 aliphatic carbocycles. The Labute approximate surface area is 117 Å². The highest BCUT2D eigenvalue weighted by Gasteiger charge is 2.22. The summed E-state index contributed by atoms with van der Waals surface area (Å²) in [5, 5.41) is 3.42. The van der Waals surface area contributed by atoms with Crippen LogP contribution in [-0.2, 0) is 14.6 Å². The van der Waals surface area contributed by atoms with Crippen molar-refractivity contribution in [2.75, 3.05) is 44.4 Å². The monoisotopic (exact) mass is 292 g/mol. The molecule has 1 saturated heterocycles. The maximum absolute atomic E-state index is 11.5. The minimum absolute atomic E-state index is 0.244. The summed E-state index contributed by atoms with van der Waals surface area (Å²) in [5.74, 6) is 0.541. The Hall–Kier alpha value is -0.170. The predicted molar refractivity (Wildman–Crippen MR) is 78.3 cm³/mol. The number of morpholine rings is 1. The third-order valence-corrected chi connectivity index (χ3v) is 5.24. The van der Waals surface area contributed by atoms with Crippen LogP contribution in [0.1, 0.15) is 27.2 Å². The highest BCUT2D eigenvalue weighted by Crippen LogP contribution is 2.08. The van der Waals surface area contributed by atoms with Crippen molar-refractivity contribution in [3.8, 4) is 0 Å². The van der Waals surface area contributed by atoms with Gasteiger partial charge in [-0.1, -0.05) is 20.8 Å². The van der Waals surface area contributed by atoms with E-state index in [-0.39, 0.29) is 5.75 Å². The van der Waals surface area contributed by atoms with Gasteiger partial charge >= 0.3 is 0 Å². The Kier molecular flexibility index (Phi) is 7.28. The molecule has 19 heavy (non-hydrogen) atoms. The van der Waals surface area contributed by atoms with Gasteiger partial charge in [-0.25, -0.2) is 8.42 Å². The molecule has 0 aromatic carbocycles. The van der Waals surface area contributed by atoms with E-state index in [0.29, 0.717) is 24.3 Å². The number of ether oxygens (including phenoxy) is 1. The fraction of sp³-hybridized carbons (Fsp3) is 1.00. The lowest BCUT2D eigenvalue weighted by atomic mass is 10.2. The third kappa shape index (κ3) is 6.70. The number of sulfone groups is 1. The van der Waals surface area contributed by atoms with Crippen molar-refractivity contribution in [1.82, 2.24) is 10.2 Å². The van der Waals surface area contributed by atoms with Crippen molar-refractivity contribution in [3.05, 3.63) is 0 Å². The van der Waals surface area contributed by atoms with E-state index in [2.05, 4.69) is 24.1 Å². The molecule has 1 rings (SSSR count). The molecular formula is C13H28N2O3S. The molecule has 0 spiro atoms. The summed E-state index contributed by atoms with van der Waals surface area (Å²) in [6.45, 7) is 10.1. The number of hydrogen-bond acceptors (Lipinski definition) is 5. The lowest BCUT2D eigenvalue weighted by Gasteiger charge is -2.36. The molecule has 6 heteroatoms. The average Bonchev–Trinajstić information content (AvgIpc) is 2.37. The smallest absolute Gasteiger partial charge is 0.150 e. The second kappa shape index (κ2) is 8.19. The molecule has 5 nitrogen and oxygen atoms in total. The van der Waals surface area contributed by atoms with E-state index in [1.807, 2.05) is 0 Å². The van der Waals surface area contributed by atoms with Gasteiger partial charge in [0.05, 0.1) is 19.0 Å². The van der Waals surface area contributed by atoms with Gasteiger partial charge in [-0.15, -0.1) is 0 Å². The molecule has 0 aromatic rings. The summed E-state index contributed by atoms with van der Waals surface area (Å²) in [6, 6.07) is 0.824. The molecule has 1 atom stereocenters. The van der Waals surface area contributed by atoms with Crippen LogP contribution >= 0.6 is 0 Å². The molecular weight excluding hydrogens is 264 g/mol. The van der Waals surface area contributed by atoms with Crippen molar-refractivity contribution in [2.24, 2.45) is 0 Å². The Morgan fingerprint density at radius 3 is 2.79 bits per heavy atom. The molecule has 114 valence electrons. The molecule has 0 aromatic heterocycles. The molecule has 1 heterocycles. The van der Waals surface area contributed by atoms with Crippen molar-refractivity contribution in [3.63, 3.8) is 0 Å². The van der Waals surface area contributed by atoms with Crippen LogP contribution in [0, 0.1) is 0 Å². The van der Waals surface area contributed by atoms with Crippen LogP contribution in [0.25, 0.3) is 0 Å². The zero-order chi connectivity index (χ0) is 14.3. The lowest BCUT2D eigenvalue weighted by Crippen LogP contribution is -2.51. The molecule has 1 aliphatic rings. The van der Waals surface area contributed by atoms with E-state index in [4.69, 9.17) is 4.74 Å². The Bertz CT molecular complexity index is 344. The fourth-order valence-corrected chi connectivity index (χ4v) is 3.03. The van der Waals surface area contributed by atoms with Gasteiger partial charge in [-0.3, -0.25) is 4.90 Å². The molecule has 1 fully saturated rings. The summed E-state index contributed by atoms with van der Waals surface area (Å²) in [6.07, 6.45) is 0.717. The number of rotatable bonds is 8. The summed E-state index contributed by atoms with van der Waals surface area (Å²) in [4.78, 5) is 2.35. The summed E-state index contributed by atoms with van der Waals surface area (Å²) in [5.41, 5.74) is 0.